The highest BCUT2D eigenvalue weighted by Crippen LogP contribution is 2.34. The molecule has 4 nitrogen and oxygen atoms in total. The lowest BCUT2D eigenvalue weighted by atomic mass is 9.92. The van der Waals surface area contributed by atoms with E-state index in [4.69, 9.17) is 0 Å². The number of carbonyl (C=O) groups excluding carboxylic acids is 1. The molecule has 0 saturated heterocycles. The molecule has 0 radical (unpaired) electrons. The van der Waals surface area contributed by atoms with Crippen molar-refractivity contribution in [2.45, 2.75) is 33.4 Å². The van der Waals surface area contributed by atoms with Crippen molar-refractivity contribution < 1.29 is 18.0 Å². The molecule has 0 saturated carbocycles. The molecular formula is C20H20F3N3O. The quantitative estimate of drug-likeness (QED) is 0.667. The predicted octanol–water partition coefficient (Wildman–Crippen LogP) is 5.39. The van der Waals surface area contributed by atoms with Crippen molar-refractivity contribution in [1.29, 1.82) is 0 Å². The first-order chi connectivity index (χ1) is 12.5. The van der Waals surface area contributed by atoms with Gasteiger partial charge in [0.25, 0.3) is 0 Å². The summed E-state index contributed by atoms with van der Waals surface area (Å²) in [6.07, 6.45) is -3.20. The zero-order chi connectivity index (χ0) is 19.8. The molecule has 1 amide bonds. The number of pyridine rings is 1. The lowest BCUT2D eigenvalue weighted by molar-refractivity contribution is -0.137. The number of benzene rings is 1. The van der Waals surface area contributed by atoms with E-state index >= 15 is 0 Å². The zero-order valence-electron chi connectivity index (χ0n) is 15.3. The number of nitrogens with zero attached hydrogens (tertiary/aromatic N) is 2. The van der Waals surface area contributed by atoms with E-state index in [1.54, 1.807) is 24.3 Å². The number of alkyl halides is 3. The first-order valence-corrected chi connectivity index (χ1v) is 8.49. The van der Waals surface area contributed by atoms with Gasteiger partial charge in [0.15, 0.2) is 5.82 Å². The van der Waals surface area contributed by atoms with Crippen LogP contribution in [0.5, 0.6) is 0 Å². The monoisotopic (exact) mass is 375 g/mol. The number of aromatic nitrogens is 2. The summed E-state index contributed by atoms with van der Waals surface area (Å²) in [5, 5.41) is 2.76. The largest absolute Gasteiger partial charge is 0.417 e. The number of carbonyl (C=O) groups is 1. The SMILES string of the molecule is CC(C)(C)CC(=O)Nc1nc2ccc(C(F)(F)F)cn2c1-c1ccccc1. The van der Waals surface area contributed by atoms with Gasteiger partial charge in [0.1, 0.15) is 5.65 Å². The van der Waals surface area contributed by atoms with Gasteiger partial charge in [-0.15, -0.1) is 0 Å². The molecule has 1 N–H and O–H groups in total. The normalized spacial score (nSPS) is 12.4. The van der Waals surface area contributed by atoms with Crippen LogP contribution >= 0.6 is 0 Å². The third kappa shape index (κ3) is 4.30. The Labute approximate surface area is 155 Å². The maximum atomic E-state index is 13.1. The van der Waals surface area contributed by atoms with Gasteiger partial charge in [-0.1, -0.05) is 51.1 Å². The average molecular weight is 375 g/mol. The van der Waals surface area contributed by atoms with Crippen LogP contribution in [0.4, 0.5) is 19.0 Å². The van der Waals surface area contributed by atoms with E-state index in [0.717, 1.165) is 12.3 Å². The number of imidazole rings is 1. The lowest BCUT2D eigenvalue weighted by Gasteiger charge is -2.17. The molecule has 3 aromatic rings. The fraction of sp³-hybridized carbons (Fsp3) is 0.300. The molecule has 2 heterocycles. The number of halogens is 3. The van der Waals surface area contributed by atoms with Crippen LogP contribution in [0.3, 0.4) is 0 Å². The van der Waals surface area contributed by atoms with E-state index < -0.39 is 11.7 Å². The summed E-state index contributed by atoms with van der Waals surface area (Å²) in [6, 6.07) is 11.2. The fourth-order valence-corrected chi connectivity index (χ4v) is 2.83. The Bertz CT molecular complexity index is 970. The molecule has 0 atom stereocenters. The minimum Gasteiger partial charge on any atom is -0.309 e. The Balaban J connectivity index is 2.14. The predicted molar refractivity (Wildman–Crippen MR) is 98.3 cm³/mol. The van der Waals surface area contributed by atoms with E-state index in [2.05, 4.69) is 10.3 Å². The van der Waals surface area contributed by atoms with Crippen LogP contribution in [0.15, 0.2) is 48.7 Å². The van der Waals surface area contributed by atoms with Gasteiger partial charge in [0.05, 0.1) is 11.3 Å². The molecule has 0 spiro atoms. The fourth-order valence-electron chi connectivity index (χ4n) is 2.83. The van der Waals surface area contributed by atoms with Crippen LogP contribution in [-0.4, -0.2) is 15.3 Å². The van der Waals surface area contributed by atoms with Crippen molar-refractivity contribution in [3.05, 3.63) is 54.2 Å². The van der Waals surface area contributed by atoms with E-state index in [1.807, 2.05) is 26.8 Å². The third-order valence-electron chi connectivity index (χ3n) is 3.94. The minimum atomic E-state index is -4.47. The Kier molecular flexibility index (Phi) is 4.71. The number of nitrogens with one attached hydrogen (secondary N) is 1. The second-order valence-electron chi connectivity index (χ2n) is 7.60. The number of fused-ring (bicyclic) bond motifs is 1. The smallest absolute Gasteiger partial charge is 0.309 e. The van der Waals surface area contributed by atoms with Crippen molar-refractivity contribution in [3.63, 3.8) is 0 Å². The Morgan fingerprint density at radius 1 is 1.07 bits per heavy atom. The zero-order valence-corrected chi connectivity index (χ0v) is 15.3. The van der Waals surface area contributed by atoms with Crippen molar-refractivity contribution in [2.75, 3.05) is 5.32 Å². The number of rotatable bonds is 3. The van der Waals surface area contributed by atoms with E-state index in [9.17, 15) is 18.0 Å². The number of anilines is 1. The molecule has 7 heteroatoms. The molecule has 3 rings (SSSR count). The van der Waals surface area contributed by atoms with Gasteiger partial charge >= 0.3 is 6.18 Å². The van der Waals surface area contributed by atoms with E-state index in [1.165, 1.54) is 10.5 Å². The number of hydrogen-bond donors (Lipinski definition) is 1. The Hall–Kier alpha value is -2.83. The van der Waals surface area contributed by atoms with Crippen molar-refractivity contribution >= 4 is 17.4 Å². The minimum absolute atomic E-state index is 0.223. The standard InChI is InChI=1S/C20H20F3N3O/c1-19(2,3)11-16(27)25-18-17(13-7-5-4-6-8-13)26-12-14(20(21,22)23)9-10-15(26)24-18/h4-10,12H,11H2,1-3H3,(H,25,27). The molecule has 0 unspecified atom stereocenters. The summed E-state index contributed by atoms with van der Waals surface area (Å²) in [4.78, 5) is 16.7. The molecule has 0 aliphatic carbocycles. The third-order valence-corrected chi connectivity index (χ3v) is 3.94. The number of amides is 1. The van der Waals surface area contributed by atoms with Crippen LogP contribution in [-0.2, 0) is 11.0 Å². The van der Waals surface area contributed by atoms with Crippen LogP contribution in [0.2, 0.25) is 0 Å². The molecule has 0 aliphatic rings. The van der Waals surface area contributed by atoms with Crippen LogP contribution in [0.1, 0.15) is 32.8 Å². The van der Waals surface area contributed by atoms with Crippen LogP contribution in [0.25, 0.3) is 16.9 Å². The highest BCUT2D eigenvalue weighted by atomic mass is 19.4. The van der Waals surface area contributed by atoms with E-state index in [-0.39, 0.29) is 23.6 Å². The van der Waals surface area contributed by atoms with Gasteiger partial charge in [0.2, 0.25) is 5.91 Å². The Morgan fingerprint density at radius 3 is 2.33 bits per heavy atom. The summed E-state index contributed by atoms with van der Waals surface area (Å²) in [7, 11) is 0. The molecule has 2 aromatic heterocycles. The first-order valence-electron chi connectivity index (χ1n) is 8.49. The molecule has 27 heavy (non-hydrogen) atoms. The number of hydrogen-bond acceptors (Lipinski definition) is 2. The summed E-state index contributed by atoms with van der Waals surface area (Å²) >= 11 is 0. The van der Waals surface area contributed by atoms with Crippen molar-refractivity contribution in [3.8, 4) is 11.3 Å². The van der Waals surface area contributed by atoms with Gasteiger partial charge in [-0.2, -0.15) is 13.2 Å². The Morgan fingerprint density at radius 2 is 1.74 bits per heavy atom. The molecule has 0 bridgehead atoms. The first kappa shape index (κ1) is 18.9. The highest BCUT2D eigenvalue weighted by molar-refractivity contribution is 5.94. The summed E-state index contributed by atoms with van der Waals surface area (Å²) in [5.41, 5.74) is 0.402. The summed E-state index contributed by atoms with van der Waals surface area (Å²) in [6.45, 7) is 5.80. The van der Waals surface area contributed by atoms with Crippen LogP contribution < -0.4 is 5.32 Å². The lowest BCUT2D eigenvalue weighted by Crippen LogP contribution is -2.20. The van der Waals surface area contributed by atoms with Crippen LogP contribution in [0, 0.1) is 5.41 Å². The molecule has 0 fully saturated rings. The maximum Gasteiger partial charge on any atom is 0.417 e. The highest BCUT2D eigenvalue weighted by Gasteiger charge is 2.31. The summed E-state index contributed by atoms with van der Waals surface area (Å²) < 4.78 is 40.8. The average Bonchev–Trinajstić information content (AvgIpc) is 2.89. The maximum absolute atomic E-state index is 13.1. The second-order valence-corrected chi connectivity index (χ2v) is 7.60. The topological polar surface area (TPSA) is 46.4 Å². The van der Waals surface area contributed by atoms with Gasteiger partial charge in [-0.05, 0) is 17.5 Å². The van der Waals surface area contributed by atoms with Gasteiger partial charge in [-0.3, -0.25) is 9.20 Å². The van der Waals surface area contributed by atoms with Gasteiger partial charge in [0, 0.05) is 18.2 Å². The van der Waals surface area contributed by atoms with Gasteiger partial charge < -0.3 is 5.32 Å². The van der Waals surface area contributed by atoms with Crippen molar-refractivity contribution in [1.82, 2.24) is 9.38 Å². The second kappa shape index (κ2) is 6.72. The van der Waals surface area contributed by atoms with E-state index in [0.29, 0.717) is 16.9 Å². The molecular weight excluding hydrogens is 355 g/mol. The molecule has 142 valence electrons. The van der Waals surface area contributed by atoms with Gasteiger partial charge in [-0.25, -0.2) is 4.98 Å². The molecule has 0 aliphatic heterocycles. The summed E-state index contributed by atoms with van der Waals surface area (Å²) in [5.74, 6) is 0.00825. The molecule has 1 aromatic carbocycles. The van der Waals surface area contributed by atoms with Crippen molar-refractivity contribution in [2.24, 2.45) is 5.41 Å².